The first-order valence-electron chi connectivity index (χ1n) is 14.1. The van der Waals surface area contributed by atoms with E-state index in [-0.39, 0.29) is 41.3 Å². The zero-order valence-electron chi connectivity index (χ0n) is 24.1. The van der Waals surface area contributed by atoms with Gasteiger partial charge in [-0.05, 0) is 79.0 Å². The number of ether oxygens (including phenoxy) is 1. The van der Waals surface area contributed by atoms with Crippen molar-refractivity contribution in [2.75, 3.05) is 38.6 Å². The molecule has 2 saturated heterocycles. The quantitative estimate of drug-likeness (QED) is 0.418. The summed E-state index contributed by atoms with van der Waals surface area (Å²) in [6, 6.07) is 9.02. The van der Waals surface area contributed by atoms with Gasteiger partial charge in [0.05, 0.1) is 23.1 Å². The van der Waals surface area contributed by atoms with Crippen LogP contribution in [-0.4, -0.2) is 72.5 Å². The van der Waals surface area contributed by atoms with Crippen molar-refractivity contribution in [2.45, 2.75) is 50.1 Å². The van der Waals surface area contributed by atoms with Gasteiger partial charge in [0.2, 0.25) is 10.0 Å². The summed E-state index contributed by atoms with van der Waals surface area (Å²) in [7, 11) is -2.58. The lowest BCUT2D eigenvalue weighted by Gasteiger charge is -2.35. The maximum atomic E-state index is 14.1. The van der Waals surface area contributed by atoms with Gasteiger partial charge in [0.1, 0.15) is 0 Å². The average molecular weight is 622 g/mol. The Morgan fingerprint density at radius 3 is 2.23 bits per heavy atom. The molecule has 2 amide bonds. The highest BCUT2D eigenvalue weighted by molar-refractivity contribution is 7.89. The molecule has 43 heavy (non-hydrogen) atoms. The van der Waals surface area contributed by atoms with Crippen molar-refractivity contribution in [3.63, 3.8) is 0 Å². The number of methoxy groups -OCH3 is 1. The maximum Gasteiger partial charge on any atom is 0.436 e. The number of sulfonamides is 1. The Kier molecular flexibility index (Phi) is 8.45. The summed E-state index contributed by atoms with van der Waals surface area (Å²) in [5.74, 6) is -0.442. The summed E-state index contributed by atoms with van der Waals surface area (Å²) >= 11 is 0. The number of pyridine rings is 1. The van der Waals surface area contributed by atoms with Crippen molar-refractivity contribution in [3.8, 4) is 0 Å². The number of halogens is 3. The highest BCUT2D eigenvalue weighted by Gasteiger charge is 2.42. The van der Waals surface area contributed by atoms with Crippen molar-refractivity contribution in [3.05, 3.63) is 59.4 Å². The van der Waals surface area contributed by atoms with E-state index < -0.39 is 39.5 Å². The lowest BCUT2D eigenvalue weighted by Crippen LogP contribution is -2.43. The number of benzene rings is 1. The van der Waals surface area contributed by atoms with Crippen molar-refractivity contribution in [1.29, 1.82) is 0 Å². The van der Waals surface area contributed by atoms with Gasteiger partial charge in [0.25, 0.3) is 5.91 Å². The molecular weight excluding hydrogens is 587 g/mol. The van der Waals surface area contributed by atoms with E-state index in [2.05, 4.69) is 15.2 Å². The second-order valence-electron chi connectivity index (χ2n) is 11.5. The standard InChI is InChI=1S/C29H34F3N5O5S/c1-18-14-19(2)17-35(16-18)27(38)25-24-15-21(10-13-37(24)34-26(25)29(30,31)32)20-8-11-36(12-9-20)43(40,41)23-6-4-22(5-7-23)33-28(39)42-3/h4-7,10,13,15,18-20H,8-9,11-12,14,16-17H2,1-3H3,(H,33,39). The van der Waals surface area contributed by atoms with Crippen molar-refractivity contribution >= 4 is 33.2 Å². The molecule has 1 N–H and O–H groups in total. The van der Waals surface area contributed by atoms with E-state index in [9.17, 15) is 31.2 Å². The van der Waals surface area contributed by atoms with Crippen LogP contribution in [0.3, 0.4) is 0 Å². The highest BCUT2D eigenvalue weighted by atomic mass is 32.2. The van der Waals surface area contributed by atoms with E-state index in [1.165, 1.54) is 46.8 Å². The Hall–Kier alpha value is -3.65. The molecule has 0 saturated carbocycles. The normalized spacial score (nSPS) is 20.7. The number of fused-ring (bicyclic) bond motifs is 1. The van der Waals surface area contributed by atoms with E-state index in [1.807, 2.05) is 13.8 Å². The van der Waals surface area contributed by atoms with Crippen molar-refractivity contribution < 1.29 is 35.9 Å². The van der Waals surface area contributed by atoms with E-state index in [4.69, 9.17) is 0 Å². The highest BCUT2D eigenvalue weighted by Crippen LogP contribution is 2.37. The van der Waals surface area contributed by atoms with Crippen LogP contribution < -0.4 is 5.32 Å². The molecule has 232 valence electrons. The molecule has 2 aromatic heterocycles. The summed E-state index contributed by atoms with van der Waals surface area (Å²) in [5, 5.41) is 6.22. The number of piperidine rings is 2. The number of amides is 2. The summed E-state index contributed by atoms with van der Waals surface area (Å²) in [4.78, 5) is 26.5. The molecule has 2 fully saturated rings. The van der Waals surface area contributed by atoms with Gasteiger partial charge in [-0.2, -0.15) is 22.6 Å². The fraction of sp³-hybridized carbons (Fsp3) is 0.483. The molecular formula is C29H34F3N5O5S. The molecule has 1 aromatic carbocycles. The van der Waals surface area contributed by atoms with Gasteiger partial charge in [-0.1, -0.05) is 13.8 Å². The van der Waals surface area contributed by atoms with Gasteiger partial charge in [-0.3, -0.25) is 10.1 Å². The molecule has 0 bridgehead atoms. The number of hydrogen-bond acceptors (Lipinski definition) is 6. The van der Waals surface area contributed by atoms with Gasteiger partial charge in [0.15, 0.2) is 5.69 Å². The molecule has 0 spiro atoms. The van der Waals surface area contributed by atoms with E-state index in [0.717, 1.165) is 16.5 Å². The molecule has 4 heterocycles. The van der Waals surface area contributed by atoms with Crippen LogP contribution in [0.2, 0.25) is 0 Å². The van der Waals surface area contributed by atoms with Crippen LogP contribution in [-0.2, 0) is 20.9 Å². The Balaban J connectivity index is 1.36. The Labute approximate surface area is 247 Å². The molecule has 2 unspecified atom stereocenters. The second-order valence-corrected chi connectivity index (χ2v) is 13.4. The summed E-state index contributed by atoms with van der Waals surface area (Å²) in [6.07, 6.45) is -2.25. The molecule has 0 radical (unpaired) electrons. The summed E-state index contributed by atoms with van der Waals surface area (Å²) in [5.41, 5.74) is -0.437. The average Bonchev–Trinajstić information content (AvgIpc) is 3.36. The molecule has 2 aliphatic rings. The van der Waals surface area contributed by atoms with Gasteiger partial charge in [-0.15, -0.1) is 0 Å². The lowest BCUT2D eigenvalue weighted by atomic mass is 9.90. The van der Waals surface area contributed by atoms with Crippen LogP contribution in [0.25, 0.3) is 5.52 Å². The second kappa shape index (κ2) is 11.8. The van der Waals surface area contributed by atoms with E-state index in [0.29, 0.717) is 31.6 Å². The number of carbonyl (C=O) groups excluding carboxylic acids is 2. The van der Waals surface area contributed by atoms with E-state index >= 15 is 0 Å². The minimum absolute atomic E-state index is 0.0752. The lowest BCUT2D eigenvalue weighted by molar-refractivity contribution is -0.141. The molecule has 10 nitrogen and oxygen atoms in total. The van der Waals surface area contributed by atoms with E-state index in [1.54, 1.807) is 12.1 Å². The molecule has 0 aliphatic carbocycles. The largest absolute Gasteiger partial charge is 0.453 e. The molecule has 2 aliphatic heterocycles. The Morgan fingerprint density at radius 2 is 1.65 bits per heavy atom. The predicted molar refractivity (Wildman–Crippen MR) is 152 cm³/mol. The van der Waals surface area contributed by atoms with Crippen LogP contribution in [0.5, 0.6) is 0 Å². The number of likely N-dealkylation sites (tertiary alicyclic amines) is 1. The number of nitrogens with zero attached hydrogens (tertiary/aromatic N) is 4. The Bertz CT molecular complexity index is 1610. The number of carbonyl (C=O) groups is 2. The third-order valence-corrected chi connectivity index (χ3v) is 10.1. The van der Waals surface area contributed by atoms with Crippen LogP contribution in [0, 0.1) is 11.8 Å². The van der Waals surface area contributed by atoms with Gasteiger partial charge in [0, 0.05) is 38.1 Å². The number of alkyl halides is 3. The summed E-state index contributed by atoms with van der Waals surface area (Å²) < 4.78 is 75.8. The molecule has 14 heteroatoms. The van der Waals surface area contributed by atoms with Gasteiger partial charge in [-0.25, -0.2) is 17.7 Å². The first-order valence-corrected chi connectivity index (χ1v) is 15.6. The maximum absolute atomic E-state index is 14.1. The number of hydrogen-bond donors (Lipinski definition) is 1. The third kappa shape index (κ3) is 6.35. The van der Waals surface area contributed by atoms with Crippen LogP contribution in [0.15, 0.2) is 47.5 Å². The molecule has 5 rings (SSSR count). The number of aromatic nitrogens is 2. The predicted octanol–water partition coefficient (Wildman–Crippen LogP) is 5.22. The smallest absolute Gasteiger partial charge is 0.436 e. The fourth-order valence-electron chi connectivity index (χ4n) is 6.17. The van der Waals surface area contributed by atoms with Crippen LogP contribution >= 0.6 is 0 Å². The topological polar surface area (TPSA) is 113 Å². The minimum atomic E-state index is -4.81. The number of anilines is 1. The van der Waals surface area contributed by atoms with Gasteiger partial charge >= 0.3 is 12.3 Å². The van der Waals surface area contributed by atoms with Crippen LogP contribution in [0.1, 0.15) is 60.6 Å². The van der Waals surface area contributed by atoms with Crippen molar-refractivity contribution in [1.82, 2.24) is 18.8 Å². The first kappa shape index (κ1) is 30.8. The van der Waals surface area contributed by atoms with Crippen LogP contribution in [0.4, 0.5) is 23.7 Å². The third-order valence-electron chi connectivity index (χ3n) is 8.15. The molecule has 3 aromatic rings. The zero-order valence-corrected chi connectivity index (χ0v) is 24.9. The molecule has 2 atom stereocenters. The monoisotopic (exact) mass is 621 g/mol. The van der Waals surface area contributed by atoms with Crippen molar-refractivity contribution in [2.24, 2.45) is 11.8 Å². The Morgan fingerprint density at radius 1 is 1.02 bits per heavy atom. The van der Waals surface area contributed by atoms with Gasteiger partial charge < -0.3 is 9.64 Å². The fourth-order valence-corrected chi connectivity index (χ4v) is 7.64. The zero-order chi connectivity index (χ0) is 31.1. The minimum Gasteiger partial charge on any atom is -0.453 e. The first-order chi connectivity index (χ1) is 20.3. The number of nitrogens with one attached hydrogen (secondary N) is 1. The summed E-state index contributed by atoms with van der Waals surface area (Å²) in [6.45, 7) is 5.16. The SMILES string of the molecule is COC(=O)Nc1ccc(S(=O)(=O)N2CCC(c3ccn4nc(C(F)(F)F)c(C(=O)N5CC(C)CC(C)C5)c4c3)CC2)cc1. The number of rotatable bonds is 5.